The van der Waals surface area contributed by atoms with E-state index in [1.807, 2.05) is 41.5 Å². The van der Waals surface area contributed by atoms with Crippen LogP contribution < -0.4 is 31.8 Å². The van der Waals surface area contributed by atoms with Gasteiger partial charge in [0, 0.05) is 73.5 Å². The molecule has 1 aromatic carbocycles. The average molecular weight is 1440 g/mol. The van der Waals surface area contributed by atoms with E-state index in [9.17, 15) is 38.1 Å². The van der Waals surface area contributed by atoms with Crippen LogP contribution in [-0.2, 0) is 37.8 Å². The maximum absolute atomic E-state index is 11.4. The molecule has 0 saturated heterocycles. The van der Waals surface area contributed by atoms with Crippen molar-refractivity contribution in [2.24, 2.45) is 10.6 Å². The van der Waals surface area contributed by atoms with Gasteiger partial charge in [-0.2, -0.15) is 0 Å². The van der Waals surface area contributed by atoms with Crippen LogP contribution in [0.3, 0.4) is 0 Å². The number of halogens is 1. The molecule has 9 N–H and O–H groups in total. The van der Waals surface area contributed by atoms with Gasteiger partial charge in [0.1, 0.15) is 52.4 Å². The first-order valence-corrected chi connectivity index (χ1v) is 31.4. The number of amides is 4. The molecule has 0 fully saturated rings. The maximum atomic E-state index is 11.4. The number of H-pyrrole nitrogens is 1. The lowest BCUT2D eigenvalue weighted by Gasteiger charge is -2.19. The van der Waals surface area contributed by atoms with Gasteiger partial charge in [0.15, 0.2) is 10.7 Å². The molecule has 0 aliphatic heterocycles. The summed E-state index contributed by atoms with van der Waals surface area (Å²) in [5.41, 5.74) is 14.3. The van der Waals surface area contributed by atoms with E-state index in [2.05, 4.69) is 54.5 Å². The molecule has 544 valence electrons. The minimum absolute atomic E-state index is 0.0711. The average Bonchev–Trinajstić information content (AvgIpc) is 1.72. The number of rotatable bonds is 15. The molecule has 0 radical (unpaired) electrons. The number of carbonyl (C=O) groups is 7. The molecule has 0 saturated carbocycles. The highest BCUT2D eigenvalue weighted by Gasteiger charge is 2.22. The van der Waals surface area contributed by atoms with Crippen molar-refractivity contribution >= 4 is 100 Å². The Balaban J connectivity index is 0.000000571. The van der Waals surface area contributed by atoms with Gasteiger partial charge in [-0.25, -0.2) is 38.9 Å². The van der Waals surface area contributed by atoms with Crippen molar-refractivity contribution in [2.45, 2.75) is 113 Å². The first kappa shape index (κ1) is 86.6. The molecule has 0 bridgehead atoms. The lowest BCUT2D eigenvalue weighted by atomic mass is 10.2. The van der Waals surface area contributed by atoms with Crippen LogP contribution in [-0.4, -0.2) is 127 Å². The third-order valence-corrected chi connectivity index (χ3v) is 10.8. The number of benzene rings is 1. The van der Waals surface area contributed by atoms with Crippen molar-refractivity contribution in [3.63, 3.8) is 0 Å². The lowest BCUT2D eigenvalue weighted by molar-refractivity contribution is -0.282. The zero-order valence-corrected chi connectivity index (χ0v) is 58.4. The normalized spacial score (nSPS) is 10.9. The number of primary amides is 1. The van der Waals surface area contributed by atoms with Crippen LogP contribution in [0.15, 0.2) is 166 Å². The number of anilines is 3. The summed E-state index contributed by atoms with van der Waals surface area (Å²) in [6.45, 7) is 25.2. The number of carboxylic acid groups (broad SMARTS) is 3. The largest absolute Gasteiger partial charge is 0.481 e. The van der Waals surface area contributed by atoms with Gasteiger partial charge in [0.25, 0.3) is 23.9 Å². The van der Waals surface area contributed by atoms with E-state index < -0.39 is 72.9 Å². The third kappa shape index (κ3) is 39.0. The predicted molar refractivity (Wildman–Crippen MR) is 360 cm³/mol. The highest BCUT2D eigenvalue weighted by atomic mass is 35.5. The molecular formula is C62H79ClN11O25P. The number of aromatic amines is 1. The Hall–Kier alpha value is -11.4. The fraction of sp³-hybridized carbons (Fsp3) is 0.339. The van der Waals surface area contributed by atoms with E-state index in [0.29, 0.717) is 47.5 Å². The number of furan rings is 6. The van der Waals surface area contributed by atoms with Gasteiger partial charge < -0.3 is 85.5 Å². The smallest absolute Gasteiger partial charge is 0.412 e. The fourth-order valence-corrected chi connectivity index (χ4v) is 6.90. The van der Waals surface area contributed by atoms with Gasteiger partial charge in [-0.3, -0.25) is 34.9 Å². The number of carboxylic acids is 3. The van der Waals surface area contributed by atoms with Gasteiger partial charge in [0.05, 0.1) is 66.5 Å². The lowest BCUT2D eigenvalue weighted by Crippen LogP contribution is -2.27. The minimum Gasteiger partial charge on any atom is -0.481 e. The van der Waals surface area contributed by atoms with Crippen LogP contribution in [0, 0.1) is 0 Å². The molecule has 9 rings (SSSR count). The quantitative estimate of drug-likeness (QED) is 0.00898. The molecule has 8 heterocycles. The third-order valence-electron chi connectivity index (χ3n) is 9.53. The van der Waals surface area contributed by atoms with Crippen molar-refractivity contribution in [2.75, 3.05) is 42.4 Å². The molecule has 36 nitrogen and oxygen atoms in total. The number of fused-ring (bicyclic) bond motifs is 2. The molecule has 9 aromatic rings. The van der Waals surface area contributed by atoms with Gasteiger partial charge in [-0.05, 0) is 107 Å². The Morgan fingerprint density at radius 2 is 1.10 bits per heavy atom. The Morgan fingerprint density at radius 3 is 1.51 bits per heavy atom. The molecule has 0 aliphatic carbocycles. The monoisotopic (exact) mass is 1440 g/mol. The highest BCUT2D eigenvalue weighted by molar-refractivity contribution is 7.57. The number of aromatic nitrogens is 4. The molecular weight excluding hydrogens is 1370 g/mol. The Labute approximate surface area is 575 Å². The number of carbonyl (C=O) groups excluding carboxylic acids is 4. The summed E-state index contributed by atoms with van der Waals surface area (Å²) in [6, 6.07) is 17.8. The number of hydrogen-bond acceptors (Lipinski definition) is 25. The molecule has 1 atom stereocenters. The number of para-hydroxylation sites is 1. The number of nitrogens with zero attached hydrogens (tertiary/aromatic N) is 6. The van der Waals surface area contributed by atoms with Crippen molar-refractivity contribution in [1.29, 1.82) is 0 Å². The Morgan fingerprint density at radius 1 is 0.640 bits per heavy atom. The highest BCUT2D eigenvalue weighted by Crippen LogP contribution is 2.44. The summed E-state index contributed by atoms with van der Waals surface area (Å²) < 4.78 is 75.1. The van der Waals surface area contributed by atoms with E-state index in [1.165, 1.54) is 87.6 Å². The summed E-state index contributed by atoms with van der Waals surface area (Å²) in [5.74, 6) is -3.80. The summed E-state index contributed by atoms with van der Waals surface area (Å²) >= 11 is 5.65. The molecule has 4 amide bonds. The van der Waals surface area contributed by atoms with Gasteiger partial charge in [0.2, 0.25) is 17.1 Å². The topological polar surface area (TPSA) is 523 Å². The van der Waals surface area contributed by atoms with Crippen LogP contribution in [0.25, 0.3) is 32.6 Å². The SMILES string of the molecule is CC(=O)O.CC(C)(C)OC(=O)Nc1ccoc1.CC(C)(C)OC(=O)Nc1ccoc1C(=O)O.CC(C)(C)OC(=O)Nc1ccoc1C(N)=O.CCOC(OCC)OCC.CP(=O)(N=[N+]=[N-])Oc1ccccc1.Clc1ncnc2ccoc12.O=C(O)c1ccoc1.O=c1[nH]cnc2ccoc12. The van der Waals surface area contributed by atoms with Crippen molar-refractivity contribution in [3.05, 3.63) is 173 Å². The molecule has 0 spiro atoms. The summed E-state index contributed by atoms with van der Waals surface area (Å²) in [7, 11) is -3.21. The van der Waals surface area contributed by atoms with E-state index in [4.69, 9.17) is 93.6 Å². The zero-order valence-electron chi connectivity index (χ0n) is 56.7. The first-order chi connectivity index (χ1) is 46.8. The van der Waals surface area contributed by atoms with Crippen molar-refractivity contribution < 1.29 is 113 Å². The van der Waals surface area contributed by atoms with E-state index in [0.717, 1.165) is 12.4 Å². The van der Waals surface area contributed by atoms with Crippen molar-refractivity contribution in [3.8, 4) is 5.75 Å². The number of ether oxygens (including phenoxy) is 6. The fourth-order valence-electron chi connectivity index (χ4n) is 6.02. The van der Waals surface area contributed by atoms with Gasteiger partial charge in [-0.15, -0.1) is 0 Å². The summed E-state index contributed by atoms with van der Waals surface area (Å²) in [6.07, 6.45) is 11.7. The second-order valence-electron chi connectivity index (χ2n) is 21.4. The Bertz CT molecular complexity index is 3950. The molecule has 1 unspecified atom stereocenters. The number of azide groups is 1. The standard InChI is InChI=1S/C10H14N2O4.C10H13NO5.C9H13NO3.C7H8N3O2P.C7H16O3.C6H3ClN2O.C6H4N2O2.C5H4O3.C2H4O2/c1-10(2,3)16-9(14)12-6-4-5-15-7(6)8(11)13;1-10(2,3)16-9(14)11-6-4-5-15-7(6)8(12)13;1-9(2,3)13-8(11)10-7-4-5-12-6-7;1-13(11,10-9-8)12-7-5-3-2-4-6-7;1-4-8-7(9-5-2)10-6-3;7-6-5-4(1-2-10-5)8-3-9-6;9-6-5-4(1-2-10-5)7-3-8-6;6-5(7)4-1-2-8-3-4;1-2(3)4/h4-5H,1-3H3,(H2,11,13)(H,12,14);4-5H,1-3H3,(H,11,14)(H,12,13);4-6H,1-3H3,(H,10,11);2-6H,1H3;7H,4-6H2,1-3H3;1-3H;1-3H,(H,7,8,9);1-3H,(H,6,7);1H3,(H,3,4). The second-order valence-corrected chi connectivity index (χ2v) is 23.8. The van der Waals surface area contributed by atoms with E-state index in [-0.39, 0.29) is 39.6 Å². The molecule has 0 aliphatic rings. The van der Waals surface area contributed by atoms with Crippen LogP contribution in [0.2, 0.25) is 5.15 Å². The van der Waals surface area contributed by atoms with Crippen LogP contribution in [0.1, 0.15) is 121 Å². The second kappa shape index (κ2) is 44.4. The maximum Gasteiger partial charge on any atom is 0.412 e. The number of nitrogens with two attached hydrogens (primary N) is 1. The minimum atomic E-state index is -3.21. The first-order valence-electron chi connectivity index (χ1n) is 29.0. The Kier molecular flexibility index (Phi) is 38.5. The van der Waals surface area contributed by atoms with Gasteiger partial charge >= 0.3 is 37.7 Å². The number of hydrogen-bond donors (Lipinski definition) is 8. The number of aromatic carboxylic acids is 2. The molecule has 100 heavy (non-hydrogen) atoms. The van der Waals surface area contributed by atoms with Crippen LogP contribution in [0.4, 0.5) is 31.4 Å². The van der Waals surface area contributed by atoms with E-state index >= 15 is 0 Å². The zero-order chi connectivity index (χ0) is 75.7. The van der Waals surface area contributed by atoms with Crippen molar-refractivity contribution in [1.82, 2.24) is 19.9 Å². The summed E-state index contributed by atoms with van der Waals surface area (Å²) in [5, 5.41) is 31.9. The summed E-state index contributed by atoms with van der Waals surface area (Å²) in [4.78, 5) is 105. The van der Waals surface area contributed by atoms with E-state index in [1.54, 1.807) is 90.1 Å². The van der Waals surface area contributed by atoms with Gasteiger partial charge in [-0.1, -0.05) is 29.8 Å². The number of aliphatic carboxylic acids is 1. The molecule has 38 heteroatoms. The van der Waals surface area contributed by atoms with Crippen LogP contribution >= 0.6 is 19.1 Å². The number of nitrogens with one attached hydrogen (secondary N) is 4. The predicted octanol–water partition coefficient (Wildman–Crippen LogP) is 14.7. The van der Waals surface area contributed by atoms with Crippen LogP contribution in [0.5, 0.6) is 5.75 Å². The molecule has 8 aromatic heterocycles.